The third-order valence-electron chi connectivity index (χ3n) is 2.90. The summed E-state index contributed by atoms with van der Waals surface area (Å²) < 4.78 is 5.86. The van der Waals surface area contributed by atoms with Crippen molar-refractivity contribution in [1.82, 2.24) is 0 Å². The number of rotatable bonds is 3. The monoisotopic (exact) mass is 226 g/mol. The minimum atomic E-state index is 0.113. The van der Waals surface area contributed by atoms with E-state index in [4.69, 9.17) is 4.74 Å². The molecular formula is C16H18O. The largest absolute Gasteiger partial charge is 0.366 e. The fourth-order valence-electron chi connectivity index (χ4n) is 2.01. The predicted molar refractivity (Wildman–Crippen MR) is 72.7 cm³/mol. The third-order valence-corrected chi connectivity index (χ3v) is 2.90. The first-order valence-corrected chi connectivity index (χ1v) is 5.96. The Morgan fingerprint density at radius 3 is 2.53 bits per heavy atom. The van der Waals surface area contributed by atoms with Crippen LogP contribution in [0.3, 0.4) is 0 Å². The van der Waals surface area contributed by atoms with Gasteiger partial charge in [0.15, 0.2) is 0 Å². The van der Waals surface area contributed by atoms with Crippen molar-refractivity contribution in [2.24, 2.45) is 0 Å². The summed E-state index contributed by atoms with van der Waals surface area (Å²) in [6.45, 7) is 7.84. The molecule has 0 aromatic heterocycles. The van der Waals surface area contributed by atoms with Crippen LogP contribution in [0.5, 0.6) is 0 Å². The van der Waals surface area contributed by atoms with E-state index in [1.165, 1.54) is 11.1 Å². The average molecular weight is 226 g/mol. The molecule has 1 heteroatoms. The molecule has 1 heterocycles. The molecule has 1 nitrogen and oxygen atoms in total. The molecule has 88 valence electrons. The molecule has 0 saturated carbocycles. The summed E-state index contributed by atoms with van der Waals surface area (Å²) >= 11 is 0. The molecular weight excluding hydrogens is 208 g/mol. The van der Waals surface area contributed by atoms with Crippen molar-refractivity contribution >= 4 is 6.08 Å². The summed E-state index contributed by atoms with van der Waals surface area (Å²) in [6, 6.07) is 10.3. The van der Waals surface area contributed by atoms with Crippen molar-refractivity contribution in [2.45, 2.75) is 25.0 Å². The molecule has 0 aliphatic carbocycles. The van der Waals surface area contributed by atoms with Crippen LogP contribution in [0.25, 0.3) is 6.08 Å². The van der Waals surface area contributed by atoms with E-state index in [0.29, 0.717) is 0 Å². The number of hydrogen-bond donors (Lipinski definition) is 0. The molecule has 1 fully saturated rings. The Balaban J connectivity index is 2.01. The van der Waals surface area contributed by atoms with E-state index in [1.807, 2.05) is 24.3 Å². The molecule has 2 atom stereocenters. The first-order chi connectivity index (χ1) is 8.28. The molecule has 1 aromatic rings. The zero-order valence-electron chi connectivity index (χ0n) is 10.0. The van der Waals surface area contributed by atoms with Crippen LogP contribution in [0.4, 0.5) is 0 Å². The van der Waals surface area contributed by atoms with Crippen LogP contribution in [0.2, 0.25) is 0 Å². The molecule has 2 rings (SSSR count). The number of benzene rings is 1. The SMILES string of the molecule is C=C[C@H]1CC(=C)C[C@@H](/C=C/c2ccccc2)O1. The van der Waals surface area contributed by atoms with Crippen LogP contribution in [-0.2, 0) is 4.74 Å². The molecule has 1 saturated heterocycles. The van der Waals surface area contributed by atoms with Crippen molar-refractivity contribution in [2.75, 3.05) is 0 Å². The lowest BCUT2D eigenvalue weighted by Crippen LogP contribution is -2.25. The molecule has 0 spiro atoms. The highest BCUT2D eigenvalue weighted by Gasteiger charge is 2.20. The summed E-state index contributed by atoms with van der Waals surface area (Å²) in [4.78, 5) is 0. The molecule has 1 aromatic carbocycles. The second-order valence-electron chi connectivity index (χ2n) is 4.38. The maximum absolute atomic E-state index is 5.86. The topological polar surface area (TPSA) is 9.23 Å². The van der Waals surface area contributed by atoms with Gasteiger partial charge in [-0.3, -0.25) is 0 Å². The van der Waals surface area contributed by atoms with Crippen LogP contribution in [-0.4, -0.2) is 12.2 Å². The van der Waals surface area contributed by atoms with Gasteiger partial charge in [-0.15, -0.1) is 6.58 Å². The first-order valence-electron chi connectivity index (χ1n) is 5.96. The van der Waals surface area contributed by atoms with E-state index in [1.54, 1.807) is 0 Å². The molecule has 0 N–H and O–H groups in total. The van der Waals surface area contributed by atoms with Crippen molar-refractivity contribution in [3.63, 3.8) is 0 Å². The third kappa shape index (κ3) is 3.43. The molecule has 1 aliphatic rings. The van der Waals surface area contributed by atoms with E-state index in [-0.39, 0.29) is 12.2 Å². The number of hydrogen-bond acceptors (Lipinski definition) is 1. The molecule has 1 aliphatic heterocycles. The van der Waals surface area contributed by atoms with E-state index >= 15 is 0 Å². The summed E-state index contributed by atoms with van der Waals surface area (Å²) in [5.41, 5.74) is 2.44. The van der Waals surface area contributed by atoms with Gasteiger partial charge < -0.3 is 4.74 Å². The van der Waals surface area contributed by atoms with Crippen LogP contribution in [0.15, 0.2) is 61.2 Å². The maximum Gasteiger partial charge on any atom is 0.0804 e. The molecule has 17 heavy (non-hydrogen) atoms. The van der Waals surface area contributed by atoms with Gasteiger partial charge in [0.05, 0.1) is 12.2 Å². The Morgan fingerprint density at radius 1 is 1.12 bits per heavy atom. The Bertz CT molecular complexity index is 416. The fourth-order valence-corrected chi connectivity index (χ4v) is 2.01. The van der Waals surface area contributed by atoms with Gasteiger partial charge in [-0.25, -0.2) is 0 Å². The fraction of sp³-hybridized carbons (Fsp3) is 0.250. The van der Waals surface area contributed by atoms with Gasteiger partial charge in [-0.1, -0.05) is 60.7 Å². The van der Waals surface area contributed by atoms with Crippen LogP contribution >= 0.6 is 0 Å². The van der Waals surface area contributed by atoms with E-state index in [9.17, 15) is 0 Å². The minimum absolute atomic E-state index is 0.113. The van der Waals surface area contributed by atoms with Gasteiger partial charge in [0.1, 0.15) is 0 Å². The lowest BCUT2D eigenvalue weighted by atomic mass is 9.98. The zero-order valence-corrected chi connectivity index (χ0v) is 10.0. The van der Waals surface area contributed by atoms with Gasteiger partial charge in [0.2, 0.25) is 0 Å². The minimum Gasteiger partial charge on any atom is -0.366 e. The maximum atomic E-state index is 5.86. The van der Waals surface area contributed by atoms with Gasteiger partial charge >= 0.3 is 0 Å². The predicted octanol–water partition coefficient (Wildman–Crippen LogP) is 3.99. The van der Waals surface area contributed by atoms with Gasteiger partial charge in [0.25, 0.3) is 0 Å². The second-order valence-corrected chi connectivity index (χ2v) is 4.38. The molecule has 0 amide bonds. The lowest BCUT2D eigenvalue weighted by molar-refractivity contribution is 0.0226. The van der Waals surface area contributed by atoms with Gasteiger partial charge in [-0.2, -0.15) is 0 Å². The van der Waals surface area contributed by atoms with E-state index in [2.05, 4.69) is 37.4 Å². The van der Waals surface area contributed by atoms with Crippen molar-refractivity contribution in [1.29, 1.82) is 0 Å². The normalized spacial score (nSPS) is 25.1. The van der Waals surface area contributed by atoms with Crippen LogP contribution in [0.1, 0.15) is 18.4 Å². The van der Waals surface area contributed by atoms with Gasteiger partial charge in [0, 0.05) is 0 Å². The summed E-state index contributed by atoms with van der Waals surface area (Å²) in [5.74, 6) is 0. The lowest BCUT2D eigenvalue weighted by Gasteiger charge is -2.27. The highest BCUT2D eigenvalue weighted by molar-refractivity contribution is 5.49. The first kappa shape index (κ1) is 11.9. The van der Waals surface area contributed by atoms with Crippen molar-refractivity contribution in [3.05, 3.63) is 66.8 Å². The van der Waals surface area contributed by atoms with Crippen LogP contribution < -0.4 is 0 Å². The highest BCUT2D eigenvalue weighted by atomic mass is 16.5. The molecule has 0 bridgehead atoms. The quantitative estimate of drug-likeness (QED) is 0.708. The van der Waals surface area contributed by atoms with Crippen molar-refractivity contribution in [3.8, 4) is 0 Å². The second kappa shape index (κ2) is 5.65. The summed E-state index contributed by atoms with van der Waals surface area (Å²) in [6.07, 6.45) is 8.11. The standard InChI is InChI=1S/C16H18O/c1-3-15-11-13(2)12-16(17-15)10-9-14-7-5-4-6-8-14/h3-10,15-16H,1-2,11-12H2/b10-9+/t15-,16+/m0/s1. The number of ether oxygens (including phenoxy) is 1. The zero-order chi connectivity index (χ0) is 12.1. The molecule has 0 unspecified atom stereocenters. The average Bonchev–Trinajstić information content (AvgIpc) is 2.37. The highest BCUT2D eigenvalue weighted by Crippen LogP contribution is 2.24. The van der Waals surface area contributed by atoms with Crippen molar-refractivity contribution < 1.29 is 4.74 Å². The van der Waals surface area contributed by atoms with E-state index in [0.717, 1.165) is 12.8 Å². The molecule has 0 radical (unpaired) electrons. The van der Waals surface area contributed by atoms with Gasteiger partial charge in [-0.05, 0) is 18.4 Å². The Morgan fingerprint density at radius 2 is 1.82 bits per heavy atom. The summed E-state index contributed by atoms with van der Waals surface area (Å²) in [5, 5.41) is 0. The van der Waals surface area contributed by atoms with E-state index < -0.39 is 0 Å². The Kier molecular flexibility index (Phi) is 3.94. The smallest absolute Gasteiger partial charge is 0.0804 e. The van der Waals surface area contributed by atoms with Crippen LogP contribution in [0, 0.1) is 0 Å². The Hall–Kier alpha value is -1.60. The summed E-state index contributed by atoms with van der Waals surface area (Å²) in [7, 11) is 0. The Labute approximate surface area is 103 Å².